The molecule has 0 heterocycles. The van der Waals surface area contributed by atoms with Gasteiger partial charge in [-0.05, 0) is 25.8 Å². The lowest BCUT2D eigenvalue weighted by molar-refractivity contribution is 0.240. The molecule has 2 nitrogen and oxygen atoms in total. The smallest absolute Gasteiger partial charge is 0.0902 e. The van der Waals surface area contributed by atoms with Crippen LogP contribution >= 0.6 is 12.2 Å². The van der Waals surface area contributed by atoms with Crippen LogP contribution in [-0.2, 0) is 0 Å². The van der Waals surface area contributed by atoms with Crippen LogP contribution in [0.3, 0.4) is 0 Å². The largest absolute Gasteiger partial charge is 0.392 e. The van der Waals surface area contributed by atoms with Gasteiger partial charge < -0.3 is 5.73 Å². The molecule has 0 aromatic carbocycles. The molecule has 1 fully saturated rings. The third kappa shape index (κ3) is 2.17. The highest BCUT2D eigenvalue weighted by Gasteiger charge is 2.32. The fourth-order valence-electron chi connectivity index (χ4n) is 1.74. The van der Waals surface area contributed by atoms with Crippen molar-refractivity contribution >= 4 is 17.2 Å². The molecule has 0 aliphatic heterocycles. The SMILES string of the molecule is CCC(C(N)=S)N(CC)C1CC1. The fourth-order valence-corrected chi connectivity index (χ4v) is 2.04. The molecule has 2 N–H and O–H groups in total. The number of hydrogen-bond donors (Lipinski definition) is 1. The number of likely N-dealkylation sites (N-methyl/N-ethyl adjacent to an activating group) is 1. The summed E-state index contributed by atoms with van der Waals surface area (Å²) in [5.74, 6) is 0. The molecule has 3 heteroatoms. The van der Waals surface area contributed by atoms with Crippen LogP contribution in [0.2, 0.25) is 0 Å². The van der Waals surface area contributed by atoms with E-state index in [4.69, 9.17) is 18.0 Å². The van der Waals surface area contributed by atoms with Gasteiger partial charge in [0.15, 0.2) is 0 Å². The summed E-state index contributed by atoms with van der Waals surface area (Å²) in [4.78, 5) is 3.09. The molecule has 1 unspecified atom stereocenters. The van der Waals surface area contributed by atoms with Gasteiger partial charge in [-0.3, -0.25) is 4.90 Å². The van der Waals surface area contributed by atoms with Crippen LogP contribution < -0.4 is 5.73 Å². The Bertz CT molecular complexity index is 166. The van der Waals surface area contributed by atoms with Crippen LogP contribution in [0.4, 0.5) is 0 Å². The minimum Gasteiger partial charge on any atom is -0.392 e. The molecule has 1 aliphatic rings. The summed E-state index contributed by atoms with van der Waals surface area (Å²) in [7, 11) is 0. The Morgan fingerprint density at radius 3 is 2.42 bits per heavy atom. The number of nitrogens with two attached hydrogens (primary N) is 1. The molecule has 0 saturated heterocycles. The summed E-state index contributed by atoms with van der Waals surface area (Å²) < 4.78 is 0. The fraction of sp³-hybridized carbons (Fsp3) is 0.889. The van der Waals surface area contributed by atoms with E-state index in [9.17, 15) is 0 Å². The second-order valence-electron chi connectivity index (χ2n) is 3.39. The standard InChI is InChI=1S/C9H18N2S/c1-3-8(9(10)12)11(4-2)7-5-6-7/h7-8H,3-6H2,1-2H3,(H2,10,12). The van der Waals surface area contributed by atoms with Gasteiger partial charge in [0, 0.05) is 6.04 Å². The van der Waals surface area contributed by atoms with Gasteiger partial charge in [-0.15, -0.1) is 0 Å². The molecule has 1 atom stereocenters. The Hall–Kier alpha value is -0.150. The van der Waals surface area contributed by atoms with E-state index in [1.807, 2.05) is 0 Å². The lowest BCUT2D eigenvalue weighted by Gasteiger charge is -2.28. The maximum atomic E-state index is 5.68. The number of rotatable bonds is 5. The highest BCUT2D eigenvalue weighted by molar-refractivity contribution is 7.80. The van der Waals surface area contributed by atoms with Crippen molar-refractivity contribution in [1.29, 1.82) is 0 Å². The third-order valence-electron chi connectivity index (χ3n) is 2.50. The predicted octanol–water partition coefficient (Wildman–Crippen LogP) is 1.54. The minimum absolute atomic E-state index is 0.331. The molecule has 1 saturated carbocycles. The summed E-state index contributed by atoms with van der Waals surface area (Å²) in [6.07, 6.45) is 3.69. The first kappa shape index (κ1) is 9.93. The summed E-state index contributed by atoms with van der Waals surface area (Å²) in [6.45, 7) is 5.40. The normalized spacial score (nSPS) is 19.6. The molecular formula is C9H18N2S. The molecule has 0 amide bonds. The van der Waals surface area contributed by atoms with Gasteiger partial charge in [0.1, 0.15) is 0 Å². The van der Waals surface area contributed by atoms with Crippen molar-refractivity contribution in [3.05, 3.63) is 0 Å². The third-order valence-corrected chi connectivity index (χ3v) is 2.77. The lowest BCUT2D eigenvalue weighted by Crippen LogP contribution is -2.44. The number of nitrogens with zero attached hydrogens (tertiary/aromatic N) is 1. The minimum atomic E-state index is 0.331. The summed E-state index contributed by atoms with van der Waals surface area (Å²) >= 11 is 5.04. The highest BCUT2D eigenvalue weighted by atomic mass is 32.1. The van der Waals surface area contributed by atoms with Gasteiger partial charge in [-0.1, -0.05) is 26.1 Å². The van der Waals surface area contributed by atoms with E-state index in [0.29, 0.717) is 11.0 Å². The van der Waals surface area contributed by atoms with Gasteiger partial charge in [0.25, 0.3) is 0 Å². The predicted molar refractivity (Wildman–Crippen MR) is 56.3 cm³/mol. The Morgan fingerprint density at radius 1 is 1.58 bits per heavy atom. The maximum Gasteiger partial charge on any atom is 0.0902 e. The van der Waals surface area contributed by atoms with Crippen molar-refractivity contribution in [3.8, 4) is 0 Å². The first-order valence-corrected chi connectivity index (χ1v) is 5.16. The Kier molecular flexibility index (Phi) is 3.47. The van der Waals surface area contributed by atoms with Gasteiger partial charge in [0.2, 0.25) is 0 Å². The molecule has 1 aliphatic carbocycles. The first-order valence-electron chi connectivity index (χ1n) is 4.75. The van der Waals surface area contributed by atoms with Gasteiger partial charge in [-0.2, -0.15) is 0 Å². The molecule has 0 aromatic rings. The van der Waals surface area contributed by atoms with Crippen LogP contribution in [0.5, 0.6) is 0 Å². The maximum absolute atomic E-state index is 5.68. The van der Waals surface area contributed by atoms with Crippen LogP contribution in [0, 0.1) is 0 Å². The quantitative estimate of drug-likeness (QED) is 0.660. The zero-order valence-corrected chi connectivity index (χ0v) is 8.73. The molecule has 70 valence electrons. The Labute approximate surface area is 80.1 Å². The molecule has 0 spiro atoms. The average molecular weight is 186 g/mol. The number of hydrogen-bond acceptors (Lipinski definition) is 2. The van der Waals surface area contributed by atoms with E-state index in [-0.39, 0.29) is 0 Å². The summed E-state index contributed by atoms with van der Waals surface area (Å²) in [5, 5.41) is 0. The topological polar surface area (TPSA) is 29.3 Å². The summed E-state index contributed by atoms with van der Waals surface area (Å²) in [6, 6.07) is 1.10. The van der Waals surface area contributed by atoms with Crippen LogP contribution in [0.15, 0.2) is 0 Å². The van der Waals surface area contributed by atoms with Gasteiger partial charge in [0.05, 0.1) is 11.0 Å². The zero-order valence-electron chi connectivity index (χ0n) is 7.92. The van der Waals surface area contributed by atoms with Gasteiger partial charge in [-0.25, -0.2) is 0 Å². The lowest BCUT2D eigenvalue weighted by atomic mass is 10.2. The average Bonchev–Trinajstić information content (AvgIpc) is 2.81. The van der Waals surface area contributed by atoms with E-state index in [0.717, 1.165) is 19.0 Å². The zero-order chi connectivity index (χ0) is 9.14. The van der Waals surface area contributed by atoms with E-state index < -0.39 is 0 Å². The van der Waals surface area contributed by atoms with Crippen LogP contribution in [0.1, 0.15) is 33.1 Å². The van der Waals surface area contributed by atoms with Crippen molar-refractivity contribution in [2.45, 2.75) is 45.2 Å². The van der Waals surface area contributed by atoms with E-state index in [1.54, 1.807) is 0 Å². The van der Waals surface area contributed by atoms with Crippen molar-refractivity contribution in [2.24, 2.45) is 5.73 Å². The molecule has 12 heavy (non-hydrogen) atoms. The molecule has 1 rings (SSSR count). The summed E-state index contributed by atoms with van der Waals surface area (Å²) in [5.41, 5.74) is 5.68. The van der Waals surface area contributed by atoms with Crippen molar-refractivity contribution in [3.63, 3.8) is 0 Å². The second-order valence-corrected chi connectivity index (χ2v) is 3.86. The molecule has 0 aromatic heterocycles. The Balaban J connectivity index is 2.53. The van der Waals surface area contributed by atoms with E-state index in [1.165, 1.54) is 12.8 Å². The van der Waals surface area contributed by atoms with Crippen molar-refractivity contribution in [1.82, 2.24) is 4.90 Å². The first-order chi connectivity index (χ1) is 5.70. The second kappa shape index (κ2) is 4.19. The number of thiocarbonyl (C=S) groups is 1. The van der Waals surface area contributed by atoms with Crippen molar-refractivity contribution < 1.29 is 0 Å². The highest BCUT2D eigenvalue weighted by Crippen LogP contribution is 2.29. The Morgan fingerprint density at radius 2 is 2.17 bits per heavy atom. The monoisotopic (exact) mass is 186 g/mol. The molecular weight excluding hydrogens is 168 g/mol. The van der Waals surface area contributed by atoms with Gasteiger partial charge >= 0.3 is 0 Å². The van der Waals surface area contributed by atoms with E-state index >= 15 is 0 Å². The van der Waals surface area contributed by atoms with E-state index in [2.05, 4.69) is 18.7 Å². The van der Waals surface area contributed by atoms with Crippen LogP contribution in [0.25, 0.3) is 0 Å². The van der Waals surface area contributed by atoms with Crippen molar-refractivity contribution in [2.75, 3.05) is 6.54 Å². The molecule has 0 bridgehead atoms. The van der Waals surface area contributed by atoms with Crippen LogP contribution in [-0.4, -0.2) is 28.5 Å². The molecule has 0 radical (unpaired) electrons.